The number of carbonyl (C=O) groups is 1. The zero-order chi connectivity index (χ0) is 12.6. The van der Waals surface area contributed by atoms with Gasteiger partial charge < -0.3 is 14.6 Å². The minimum Gasteiger partial charge on any atom is -0.481 e. The van der Waals surface area contributed by atoms with Crippen LogP contribution in [-0.2, 0) is 21.7 Å². The number of nitrogens with zero attached hydrogens (tertiary/aromatic N) is 1. The number of rotatable bonds is 2. The smallest absolute Gasteiger partial charge is 0.343 e. The third-order valence-corrected chi connectivity index (χ3v) is 3.05. The molecular weight excluding hydrogens is 222 g/mol. The molecule has 17 heavy (non-hydrogen) atoms. The van der Waals surface area contributed by atoms with Crippen LogP contribution < -0.4 is 4.74 Å². The van der Waals surface area contributed by atoms with Crippen LogP contribution in [0.1, 0.15) is 30.2 Å². The first kappa shape index (κ1) is 11.9. The molecular formula is C12H15NO4. The van der Waals surface area contributed by atoms with Crippen molar-refractivity contribution in [1.82, 2.24) is 4.98 Å². The Labute approximate surface area is 99.4 Å². The van der Waals surface area contributed by atoms with Gasteiger partial charge in [-0.25, -0.2) is 9.78 Å². The molecule has 0 aliphatic carbocycles. The van der Waals surface area contributed by atoms with Crippen LogP contribution in [0.2, 0.25) is 0 Å². The van der Waals surface area contributed by atoms with Crippen molar-refractivity contribution in [3.05, 3.63) is 22.9 Å². The van der Waals surface area contributed by atoms with Gasteiger partial charge in [0.05, 0.1) is 12.7 Å². The Morgan fingerprint density at radius 1 is 1.65 bits per heavy atom. The largest absolute Gasteiger partial charge is 0.481 e. The zero-order valence-corrected chi connectivity index (χ0v) is 10.1. The highest BCUT2D eigenvalue weighted by Gasteiger charge is 2.44. The van der Waals surface area contributed by atoms with E-state index in [1.54, 1.807) is 19.9 Å². The monoisotopic (exact) mass is 237 g/mol. The van der Waals surface area contributed by atoms with Gasteiger partial charge in [0.2, 0.25) is 5.88 Å². The lowest BCUT2D eigenvalue weighted by molar-refractivity contribution is -0.172. The number of pyridine rings is 1. The van der Waals surface area contributed by atoms with E-state index in [4.69, 9.17) is 9.47 Å². The molecule has 0 saturated heterocycles. The molecule has 0 saturated carbocycles. The summed E-state index contributed by atoms with van der Waals surface area (Å²) >= 11 is 0. The van der Waals surface area contributed by atoms with Crippen LogP contribution in [0, 0.1) is 6.92 Å². The summed E-state index contributed by atoms with van der Waals surface area (Å²) in [5.41, 5.74) is 0.291. The van der Waals surface area contributed by atoms with Crippen molar-refractivity contribution in [3.8, 4) is 5.88 Å². The predicted octanol–water partition coefficient (Wildman–Crippen LogP) is 1.05. The Kier molecular flexibility index (Phi) is 2.79. The number of hydrogen-bond acceptors (Lipinski definition) is 5. The summed E-state index contributed by atoms with van der Waals surface area (Å²) in [6.45, 7) is 3.62. The Balaban J connectivity index is 2.68. The number of carbonyl (C=O) groups excluding carboxylic acids is 1. The molecule has 1 aliphatic rings. The van der Waals surface area contributed by atoms with E-state index in [9.17, 15) is 9.90 Å². The Morgan fingerprint density at radius 3 is 2.94 bits per heavy atom. The lowest BCUT2D eigenvalue weighted by Gasteiger charge is -2.32. The summed E-state index contributed by atoms with van der Waals surface area (Å²) in [6, 6.07) is 1.71. The van der Waals surface area contributed by atoms with E-state index in [2.05, 4.69) is 4.98 Å². The van der Waals surface area contributed by atoms with Gasteiger partial charge in [-0.1, -0.05) is 6.92 Å². The van der Waals surface area contributed by atoms with Gasteiger partial charge in [-0.3, -0.25) is 0 Å². The average molecular weight is 237 g/mol. The van der Waals surface area contributed by atoms with Gasteiger partial charge >= 0.3 is 5.97 Å². The maximum absolute atomic E-state index is 11.7. The SMILES string of the molecule is CC[C@@]1(O)C(=O)OCc2c1cc(C)nc2OC. The second-order valence-electron chi connectivity index (χ2n) is 4.09. The highest BCUT2D eigenvalue weighted by Crippen LogP contribution is 2.37. The quantitative estimate of drug-likeness (QED) is 0.779. The molecule has 1 aromatic heterocycles. The van der Waals surface area contributed by atoms with E-state index in [1.165, 1.54) is 7.11 Å². The zero-order valence-electron chi connectivity index (χ0n) is 10.1. The Bertz CT molecular complexity index is 472. The standard InChI is InChI=1S/C12H15NO4/c1-4-12(15)9-5-7(2)13-10(16-3)8(9)6-17-11(12)14/h5,15H,4,6H2,1-3H3/t12-/m0/s1. The van der Waals surface area contributed by atoms with Gasteiger partial charge in [0, 0.05) is 11.3 Å². The van der Waals surface area contributed by atoms with Gasteiger partial charge in [-0.15, -0.1) is 0 Å². The topological polar surface area (TPSA) is 68.7 Å². The lowest BCUT2D eigenvalue weighted by Crippen LogP contribution is -2.41. The van der Waals surface area contributed by atoms with E-state index in [1.807, 2.05) is 0 Å². The predicted molar refractivity (Wildman–Crippen MR) is 59.5 cm³/mol. The molecule has 0 aromatic carbocycles. The molecule has 1 aromatic rings. The summed E-state index contributed by atoms with van der Waals surface area (Å²) in [5.74, 6) is -0.209. The molecule has 0 spiro atoms. The molecule has 0 amide bonds. The summed E-state index contributed by atoms with van der Waals surface area (Å²) in [5, 5.41) is 10.4. The third-order valence-electron chi connectivity index (χ3n) is 3.05. The molecule has 0 unspecified atom stereocenters. The van der Waals surface area contributed by atoms with E-state index < -0.39 is 11.6 Å². The number of aryl methyl sites for hydroxylation is 1. The number of esters is 1. The van der Waals surface area contributed by atoms with Crippen LogP contribution in [0.3, 0.4) is 0 Å². The van der Waals surface area contributed by atoms with Crippen LogP contribution in [-0.4, -0.2) is 23.2 Å². The number of methoxy groups -OCH3 is 1. The molecule has 5 nitrogen and oxygen atoms in total. The number of aliphatic hydroxyl groups is 1. The average Bonchev–Trinajstić information content (AvgIpc) is 2.33. The van der Waals surface area contributed by atoms with E-state index in [0.29, 0.717) is 22.7 Å². The lowest BCUT2D eigenvalue weighted by atomic mass is 9.86. The second kappa shape index (κ2) is 4.00. The van der Waals surface area contributed by atoms with E-state index >= 15 is 0 Å². The van der Waals surface area contributed by atoms with Crippen LogP contribution >= 0.6 is 0 Å². The van der Waals surface area contributed by atoms with Crippen molar-refractivity contribution in [2.24, 2.45) is 0 Å². The summed E-state index contributed by atoms with van der Waals surface area (Å²) in [6.07, 6.45) is 0.255. The van der Waals surface area contributed by atoms with Crippen LogP contribution in [0.25, 0.3) is 0 Å². The Morgan fingerprint density at radius 2 is 2.35 bits per heavy atom. The Hall–Kier alpha value is -1.62. The second-order valence-corrected chi connectivity index (χ2v) is 4.09. The van der Waals surface area contributed by atoms with Gasteiger partial charge in [-0.2, -0.15) is 0 Å². The fourth-order valence-electron chi connectivity index (χ4n) is 2.05. The number of aromatic nitrogens is 1. The molecule has 5 heteroatoms. The summed E-state index contributed by atoms with van der Waals surface area (Å²) in [4.78, 5) is 15.9. The minimum absolute atomic E-state index is 0.0902. The summed E-state index contributed by atoms with van der Waals surface area (Å²) in [7, 11) is 1.50. The maximum atomic E-state index is 11.7. The maximum Gasteiger partial charge on any atom is 0.343 e. The normalized spacial score (nSPS) is 22.9. The molecule has 1 atom stereocenters. The van der Waals surface area contributed by atoms with Crippen LogP contribution in [0.5, 0.6) is 5.88 Å². The van der Waals surface area contributed by atoms with Crippen molar-refractivity contribution in [3.63, 3.8) is 0 Å². The molecule has 0 radical (unpaired) electrons. The molecule has 0 fully saturated rings. The van der Waals surface area contributed by atoms with Crippen LogP contribution in [0.4, 0.5) is 0 Å². The molecule has 2 heterocycles. The van der Waals surface area contributed by atoms with Crippen molar-refractivity contribution in [1.29, 1.82) is 0 Å². The van der Waals surface area contributed by atoms with Crippen molar-refractivity contribution >= 4 is 5.97 Å². The number of cyclic esters (lactones) is 1. The molecule has 1 aliphatic heterocycles. The van der Waals surface area contributed by atoms with E-state index in [0.717, 1.165) is 0 Å². The molecule has 2 rings (SSSR count). The fourth-order valence-corrected chi connectivity index (χ4v) is 2.05. The van der Waals surface area contributed by atoms with Gasteiger partial charge in [0.25, 0.3) is 0 Å². The van der Waals surface area contributed by atoms with Gasteiger partial charge in [0.15, 0.2) is 5.60 Å². The first-order valence-corrected chi connectivity index (χ1v) is 5.47. The third kappa shape index (κ3) is 1.67. The van der Waals surface area contributed by atoms with Crippen molar-refractivity contribution in [2.75, 3.05) is 7.11 Å². The molecule has 0 bridgehead atoms. The number of ether oxygens (including phenoxy) is 2. The van der Waals surface area contributed by atoms with Crippen LogP contribution in [0.15, 0.2) is 6.07 Å². The minimum atomic E-state index is -1.59. The van der Waals surface area contributed by atoms with Crippen molar-refractivity contribution in [2.45, 2.75) is 32.5 Å². The van der Waals surface area contributed by atoms with Gasteiger partial charge in [-0.05, 0) is 19.4 Å². The van der Waals surface area contributed by atoms with Crippen molar-refractivity contribution < 1.29 is 19.4 Å². The van der Waals surface area contributed by atoms with E-state index in [-0.39, 0.29) is 13.0 Å². The first-order valence-electron chi connectivity index (χ1n) is 5.47. The molecule has 92 valence electrons. The number of fused-ring (bicyclic) bond motifs is 1. The number of hydrogen-bond donors (Lipinski definition) is 1. The highest BCUT2D eigenvalue weighted by atomic mass is 16.6. The fraction of sp³-hybridized carbons (Fsp3) is 0.500. The molecule has 1 N–H and O–H groups in total. The first-order chi connectivity index (χ1) is 8.02. The highest BCUT2D eigenvalue weighted by molar-refractivity contribution is 5.83. The summed E-state index contributed by atoms with van der Waals surface area (Å²) < 4.78 is 10.1. The van der Waals surface area contributed by atoms with Gasteiger partial charge in [0.1, 0.15) is 6.61 Å².